The summed E-state index contributed by atoms with van der Waals surface area (Å²) < 4.78 is 45.8. The van der Waals surface area contributed by atoms with E-state index in [2.05, 4.69) is 76.2 Å². The van der Waals surface area contributed by atoms with E-state index in [4.69, 9.17) is 73.2 Å². The average Bonchev–Trinajstić information content (AvgIpc) is 4.28. The van der Waals surface area contributed by atoms with Crippen LogP contribution in [0, 0.1) is 0 Å². The fourth-order valence-electron chi connectivity index (χ4n) is 6.99. The number of carbonyl (C=O) groups is 1. The Hall–Kier alpha value is -4.87. The van der Waals surface area contributed by atoms with Gasteiger partial charge in [-0.3, -0.25) is 4.79 Å². The van der Waals surface area contributed by atoms with Crippen molar-refractivity contribution in [1.29, 1.82) is 0 Å². The highest BCUT2D eigenvalue weighted by Crippen LogP contribution is 2.35. The topological polar surface area (TPSA) is 144 Å². The van der Waals surface area contributed by atoms with E-state index in [1.54, 1.807) is 47.8 Å². The zero-order valence-corrected chi connectivity index (χ0v) is 41.3. The third-order valence-corrected chi connectivity index (χ3v) is 14.2. The van der Waals surface area contributed by atoms with Gasteiger partial charge in [0.1, 0.15) is 79.9 Å². The van der Waals surface area contributed by atoms with Gasteiger partial charge in [-0.2, -0.15) is 0 Å². The molecule has 4 saturated heterocycles. The number of aliphatic carboxylic acids is 1. The van der Waals surface area contributed by atoms with Gasteiger partial charge in [-0.1, -0.05) is 130 Å². The normalized spacial score (nSPS) is 19.8. The lowest BCUT2D eigenvalue weighted by Crippen LogP contribution is -2.21. The number of carboxylic acids is 1. The molecule has 0 bridgehead atoms. The van der Waals surface area contributed by atoms with Crippen LogP contribution in [-0.4, -0.2) is 95.4 Å². The van der Waals surface area contributed by atoms with Gasteiger partial charge in [0, 0.05) is 22.3 Å². The molecule has 15 heteroatoms. The summed E-state index contributed by atoms with van der Waals surface area (Å²) in [5.74, 6) is 4.15. The highest BCUT2D eigenvalue weighted by atomic mass is 32.2. The molecule has 5 aromatic rings. The second kappa shape index (κ2) is 23.4. The Labute approximate surface area is 412 Å². The Morgan fingerprint density at radius 1 is 0.567 bits per heavy atom. The van der Waals surface area contributed by atoms with Crippen molar-refractivity contribution in [2.24, 2.45) is 5.73 Å². The molecule has 4 fully saturated rings. The standard InChI is InChI=1S/C23H24O4S4.C21H24O4.C8H9NO2/c1-23(2,15-3-7-17(8-4-15)24-11-19-13-30-21(28)26-19)16-5-9-18(10-6-16)25-12-20-14-31-22(29)27-20;1-21(2,15-3-7-17(8-4-15)22-11-19-13-24-19)16-5-9-18(10-6-16)23-12-20-14-25-20;9-7(8(10)11)6-4-2-1-3-5-6/h3-10,19-20H,11-14H2,1-2H3;3-10,19-20H,11-14H2,1-2H3;1-5,7H,9H2,(H,10,11). The number of benzene rings is 5. The number of thioether (sulfide) groups is 2. The second-order valence-electron chi connectivity index (χ2n) is 17.3. The van der Waals surface area contributed by atoms with E-state index in [-0.39, 0.29) is 35.2 Å². The monoisotopic (exact) mass is 983 g/mol. The highest BCUT2D eigenvalue weighted by Gasteiger charge is 2.28. The van der Waals surface area contributed by atoms with Crippen molar-refractivity contribution in [2.75, 3.05) is 51.1 Å². The second-order valence-corrected chi connectivity index (χ2v) is 20.6. The minimum Gasteiger partial charge on any atom is -0.491 e. The SMILES string of the molecule is CC(C)(c1ccc(OCC2CO2)cc1)c1ccc(OCC2CO2)cc1.CC(C)(c1ccc(OCC2CSC(=S)O2)cc1)c1ccc(OCC2CSC(=S)O2)cc1.NC(C(=O)O)c1ccccc1. The van der Waals surface area contributed by atoms with Gasteiger partial charge in [0.05, 0.1) is 13.2 Å². The molecule has 0 aliphatic carbocycles. The van der Waals surface area contributed by atoms with Crippen molar-refractivity contribution in [3.05, 3.63) is 155 Å². The minimum atomic E-state index is -1.00. The van der Waals surface area contributed by atoms with Gasteiger partial charge in [-0.05, 0) is 101 Å². The van der Waals surface area contributed by atoms with Gasteiger partial charge in [0.2, 0.25) is 8.77 Å². The van der Waals surface area contributed by atoms with Crippen molar-refractivity contribution in [3.63, 3.8) is 0 Å². The van der Waals surface area contributed by atoms with E-state index in [9.17, 15) is 4.79 Å². The van der Waals surface area contributed by atoms with Crippen molar-refractivity contribution in [2.45, 2.75) is 69.0 Å². The van der Waals surface area contributed by atoms with E-state index in [0.717, 1.165) is 47.7 Å². The number of nitrogens with two attached hydrogens (primary N) is 1. The lowest BCUT2D eigenvalue weighted by Gasteiger charge is -2.26. The van der Waals surface area contributed by atoms with Crippen LogP contribution < -0.4 is 24.7 Å². The summed E-state index contributed by atoms with van der Waals surface area (Å²) in [5.41, 5.74) is 10.7. The van der Waals surface area contributed by atoms with E-state index >= 15 is 0 Å². The molecular formula is C52H57NO10S4. The van der Waals surface area contributed by atoms with Crippen LogP contribution in [0.2, 0.25) is 0 Å². The molecule has 4 aliphatic heterocycles. The van der Waals surface area contributed by atoms with Gasteiger partial charge >= 0.3 is 5.97 Å². The van der Waals surface area contributed by atoms with Crippen LogP contribution in [0.1, 0.15) is 61.6 Å². The predicted octanol–water partition coefficient (Wildman–Crippen LogP) is 9.94. The van der Waals surface area contributed by atoms with Crippen molar-refractivity contribution >= 4 is 62.7 Å². The molecule has 354 valence electrons. The number of rotatable bonds is 18. The Kier molecular flexibility index (Phi) is 17.5. The van der Waals surface area contributed by atoms with Crippen molar-refractivity contribution in [1.82, 2.24) is 0 Å². The lowest BCUT2D eigenvalue weighted by molar-refractivity contribution is -0.138. The first-order chi connectivity index (χ1) is 32.2. The van der Waals surface area contributed by atoms with E-state index in [1.807, 2.05) is 54.6 Å². The zero-order chi connectivity index (χ0) is 47.4. The summed E-state index contributed by atoms with van der Waals surface area (Å²) in [5, 5.41) is 8.51. The van der Waals surface area contributed by atoms with E-state index < -0.39 is 12.0 Å². The third-order valence-electron chi connectivity index (χ3n) is 11.6. The van der Waals surface area contributed by atoms with Crippen molar-refractivity contribution < 1.29 is 47.8 Å². The lowest BCUT2D eigenvalue weighted by atomic mass is 9.78. The van der Waals surface area contributed by atoms with Gasteiger partial charge < -0.3 is 48.7 Å². The first-order valence-corrected chi connectivity index (χ1v) is 24.9. The maximum absolute atomic E-state index is 10.4. The molecule has 5 unspecified atom stereocenters. The molecule has 0 saturated carbocycles. The molecule has 5 aromatic carbocycles. The van der Waals surface area contributed by atoms with Crippen LogP contribution in [0.3, 0.4) is 0 Å². The zero-order valence-electron chi connectivity index (χ0n) is 38.0. The fraction of sp³-hybridized carbons (Fsp3) is 0.365. The Morgan fingerprint density at radius 3 is 1.12 bits per heavy atom. The minimum absolute atomic E-state index is 0.0323. The van der Waals surface area contributed by atoms with Gasteiger partial charge in [-0.25, -0.2) is 0 Å². The summed E-state index contributed by atoms with van der Waals surface area (Å²) in [4.78, 5) is 10.4. The number of epoxide rings is 2. The summed E-state index contributed by atoms with van der Waals surface area (Å²) in [7, 11) is 0. The van der Waals surface area contributed by atoms with Gasteiger partial charge in [0.15, 0.2) is 0 Å². The molecule has 9 rings (SSSR count). The first-order valence-electron chi connectivity index (χ1n) is 22.1. The van der Waals surface area contributed by atoms with E-state index in [0.29, 0.717) is 40.8 Å². The molecule has 4 aliphatic rings. The average molecular weight is 984 g/mol. The molecule has 0 radical (unpaired) electrons. The van der Waals surface area contributed by atoms with Crippen LogP contribution in [-0.2, 0) is 34.6 Å². The van der Waals surface area contributed by atoms with Crippen LogP contribution in [0.4, 0.5) is 0 Å². The van der Waals surface area contributed by atoms with Crippen LogP contribution in [0.25, 0.3) is 0 Å². The van der Waals surface area contributed by atoms with Gasteiger partial charge in [-0.15, -0.1) is 0 Å². The number of hydrogen-bond donors (Lipinski definition) is 2. The first kappa shape index (κ1) is 50.0. The molecule has 11 nitrogen and oxygen atoms in total. The molecular weight excluding hydrogens is 927 g/mol. The number of hydrogen-bond acceptors (Lipinski definition) is 14. The van der Waals surface area contributed by atoms with Gasteiger partial charge in [0.25, 0.3) is 0 Å². The van der Waals surface area contributed by atoms with Crippen LogP contribution >= 0.6 is 48.0 Å². The fourth-order valence-corrected chi connectivity index (χ4v) is 9.05. The number of thiocarbonyl (C=S) groups is 2. The van der Waals surface area contributed by atoms with Crippen molar-refractivity contribution in [3.8, 4) is 23.0 Å². The number of carboxylic acid groups (broad SMARTS) is 1. The molecule has 0 spiro atoms. The van der Waals surface area contributed by atoms with Crippen LogP contribution in [0.15, 0.2) is 127 Å². The summed E-state index contributed by atoms with van der Waals surface area (Å²) in [6.45, 7) is 12.8. The Morgan fingerprint density at radius 2 is 0.866 bits per heavy atom. The Bertz CT molecular complexity index is 2240. The predicted molar refractivity (Wildman–Crippen MR) is 272 cm³/mol. The summed E-state index contributed by atoms with van der Waals surface area (Å²) in [6.07, 6.45) is 0.626. The quantitative estimate of drug-likeness (QED) is 0.0635. The largest absolute Gasteiger partial charge is 0.491 e. The third kappa shape index (κ3) is 15.1. The number of ether oxygens (including phenoxy) is 8. The highest BCUT2D eigenvalue weighted by molar-refractivity contribution is 8.23. The molecule has 0 amide bonds. The maximum atomic E-state index is 10.4. The molecule has 0 aromatic heterocycles. The maximum Gasteiger partial charge on any atom is 0.325 e. The Balaban J connectivity index is 0.000000165. The molecule has 5 atom stereocenters. The van der Waals surface area contributed by atoms with Crippen LogP contribution in [0.5, 0.6) is 23.0 Å². The summed E-state index contributed by atoms with van der Waals surface area (Å²) >= 11 is 13.2. The summed E-state index contributed by atoms with van der Waals surface area (Å²) in [6, 6.07) is 41.0. The van der Waals surface area contributed by atoms with E-state index in [1.165, 1.54) is 22.3 Å². The molecule has 3 N–H and O–H groups in total. The molecule has 67 heavy (non-hydrogen) atoms. The molecule has 4 heterocycles. The smallest absolute Gasteiger partial charge is 0.325 e.